The second kappa shape index (κ2) is 24.8. The van der Waals surface area contributed by atoms with E-state index in [9.17, 15) is 0 Å². The average Bonchev–Trinajstić information content (AvgIpc) is 1.56. The lowest BCUT2D eigenvalue weighted by Gasteiger charge is -2.23. The number of nitrogens with zero attached hydrogens (tertiary/aromatic N) is 2. The summed E-state index contributed by atoms with van der Waals surface area (Å²) in [5.74, 6) is 0. The number of fused-ring (bicyclic) bond motifs is 19. The minimum Gasteiger partial charge on any atom is -0.309 e. The van der Waals surface area contributed by atoms with E-state index in [0.29, 0.717) is 0 Å². The molecule has 0 spiro atoms. The highest BCUT2D eigenvalue weighted by Crippen LogP contribution is 2.57. The van der Waals surface area contributed by atoms with Crippen LogP contribution in [0.15, 0.2) is 376 Å². The number of hydrogen-bond acceptors (Lipinski definition) is 2. The summed E-state index contributed by atoms with van der Waals surface area (Å²) < 4.78 is 35.4. The van der Waals surface area contributed by atoms with Crippen molar-refractivity contribution in [3.63, 3.8) is 0 Å². The van der Waals surface area contributed by atoms with E-state index in [1.165, 1.54) is 99.8 Å². The van der Waals surface area contributed by atoms with E-state index in [1.807, 2.05) is 72.8 Å². The van der Waals surface area contributed by atoms with Crippen molar-refractivity contribution in [2.75, 3.05) is 0 Å². The molecule has 112 heavy (non-hydrogen) atoms. The van der Waals surface area contributed by atoms with Gasteiger partial charge in [-0.3, -0.25) is 0 Å². The van der Waals surface area contributed by atoms with Gasteiger partial charge >= 0.3 is 0 Å². The highest BCUT2D eigenvalue weighted by Gasteiger charge is 2.44. The maximum Gasteiger partial charge on any atom is 0.172 e. The Kier molecular flexibility index (Phi) is 14.6. The molecule has 19 aromatic rings. The molecule has 6 heteroatoms. The Bertz CT molecular complexity index is 7280. The average molecular weight is 1470 g/mol. The topological polar surface area (TPSA) is 44.0 Å². The van der Waals surface area contributed by atoms with E-state index >= 15 is 9.13 Å². The van der Waals surface area contributed by atoms with Gasteiger partial charge in [-0.1, -0.05) is 319 Å². The highest BCUT2D eigenvalue weighted by molar-refractivity contribution is 7.87. The molecule has 23 rings (SSSR count). The van der Waals surface area contributed by atoms with Crippen LogP contribution in [-0.4, -0.2) is 9.13 Å². The third-order valence-electron chi connectivity index (χ3n) is 25.0. The molecule has 0 saturated heterocycles. The van der Waals surface area contributed by atoms with Gasteiger partial charge in [0.15, 0.2) is 14.3 Å². The first kappa shape index (κ1) is 66.1. The lowest BCUT2D eigenvalue weighted by atomic mass is 9.80. The lowest BCUT2D eigenvalue weighted by Crippen LogP contribution is -2.20. The van der Waals surface area contributed by atoms with Crippen molar-refractivity contribution in [2.24, 2.45) is 0 Å². The SMILES string of the molecule is CC1(C)c2cc(-c3ccc(-n4c5ccccc5c5cc6c(cc54)-c4ccccc4P6(=O)c4ccccc4)cc3)ccc2-c2ccc(-c3cccc4ccccc34)cc21.CC1(C)c2cc(-c3ccccc3)ccc2-c2ccc(-c3ccc(-n4c5ccccc5c5cc6c(cc54)-c4ccccc4P6(=O)c4ccccc4)cc3)cc21. The molecule has 4 heterocycles. The van der Waals surface area contributed by atoms with Crippen molar-refractivity contribution in [3.05, 3.63) is 398 Å². The van der Waals surface area contributed by atoms with Crippen LogP contribution in [0.25, 0.3) is 155 Å². The summed E-state index contributed by atoms with van der Waals surface area (Å²) in [7, 11) is -6.11. The smallest absolute Gasteiger partial charge is 0.172 e. The number of hydrogen-bond donors (Lipinski definition) is 0. The molecule has 0 bridgehead atoms. The Morgan fingerprint density at radius 1 is 0.214 bits per heavy atom. The van der Waals surface area contributed by atoms with Crippen molar-refractivity contribution in [1.29, 1.82) is 0 Å². The van der Waals surface area contributed by atoms with Crippen molar-refractivity contribution < 1.29 is 9.13 Å². The van der Waals surface area contributed by atoms with Crippen LogP contribution in [0.5, 0.6) is 0 Å². The third-order valence-corrected chi connectivity index (χ3v) is 31.3. The zero-order chi connectivity index (χ0) is 74.9. The Labute approximate surface area is 651 Å². The summed E-state index contributed by atoms with van der Waals surface area (Å²) >= 11 is 0. The second-order valence-electron chi connectivity index (χ2n) is 31.7. The van der Waals surface area contributed by atoms with Crippen LogP contribution in [0.3, 0.4) is 0 Å². The van der Waals surface area contributed by atoms with E-state index in [4.69, 9.17) is 0 Å². The minimum atomic E-state index is -3.06. The Balaban J connectivity index is 0.000000138. The summed E-state index contributed by atoms with van der Waals surface area (Å²) in [5, 5.41) is 12.6. The summed E-state index contributed by atoms with van der Waals surface area (Å²) in [6.45, 7) is 9.45. The first-order chi connectivity index (χ1) is 54.8. The van der Waals surface area contributed by atoms with E-state index in [-0.39, 0.29) is 10.8 Å². The zero-order valence-electron chi connectivity index (χ0n) is 62.4. The van der Waals surface area contributed by atoms with Gasteiger partial charge in [-0.15, -0.1) is 0 Å². The number of para-hydroxylation sites is 2. The fraction of sp³-hybridized carbons (Fsp3) is 0.0566. The molecule has 530 valence electrons. The molecule has 4 nitrogen and oxygen atoms in total. The van der Waals surface area contributed by atoms with Crippen molar-refractivity contribution in [3.8, 4) is 100 Å². The predicted molar refractivity (Wildman–Crippen MR) is 473 cm³/mol. The van der Waals surface area contributed by atoms with Crippen LogP contribution in [0, 0.1) is 0 Å². The molecule has 0 saturated carbocycles. The quantitative estimate of drug-likeness (QED) is 0.142. The predicted octanol–water partition coefficient (Wildman–Crippen LogP) is 25.2. The first-order valence-electron chi connectivity index (χ1n) is 38.8. The highest BCUT2D eigenvalue weighted by atomic mass is 31.2. The van der Waals surface area contributed by atoms with Crippen LogP contribution >= 0.6 is 14.3 Å². The van der Waals surface area contributed by atoms with E-state index in [2.05, 4.69) is 340 Å². The molecule has 0 fully saturated rings. The van der Waals surface area contributed by atoms with Crippen LogP contribution in [-0.2, 0) is 20.0 Å². The van der Waals surface area contributed by atoms with E-state index < -0.39 is 14.3 Å². The summed E-state index contributed by atoms with van der Waals surface area (Å²) in [6, 6.07) is 135. The molecule has 2 aromatic heterocycles. The van der Waals surface area contributed by atoms with Crippen molar-refractivity contribution in [2.45, 2.75) is 38.5 Å². The third kappa shape index (κ3) is 9.69. The Morgan fingerprint density at radius 3 is 0.991 bits per heavy atom. The monoisotopic (exact) mass is 1470 g/mol. The summed E-state index contributed by atoms with van der Waals surface area (Å²) in [4.78, 5) is 0. The van der Waals surface area contributed by atoms with Gasteiger partial charge < -0.3 is 18.3 Å². The molecule has 0 amide bonds. The molecule has 0 N–H and O–H groups in total. The van der Waals surface area contributed by atoms with Gasteiger partial charge in [0.25, 0.3) is 0 Å². The maximum atomic E-state index is 15.4. The lowest BCUT2D eigenvalue weighted by molar-refractivity contribution is 0.592. The number of aromatic nitrogens is 2. The van der Waals surface area contributed by atoms with Gasteiger partial charge in [-0.2, -0.15) is 0 Å². The fourth-order valence-corrected chi connectivity index (χ4v) is 25.6. The molecular weight excluding hydrogens is 1400 g/mol. The summed E-state index contributed by atoms with van der Waals surface area (Å²) in [5.41, 5.74) is 31.3. The molecular formula is C106H74N2O2P2. The molecule has 2 unspecified atom stereocenters. The van der Waals surface area contributed by atoms with Crippen LogP contribution < -0.4 is 31.8 Å². The Hall–Kier alpha value is -12.9. The fourth-order valence-electron chi connectivity index (χ4n) is 19.5. The van der Waals surface area contributed by atoms with E-state index in [1.54, 1.807) is 0 Å². The standard InChI is InChI=1S/C55H38NOP.C51H36NOP/c1-55(2)49-31-37(25-29-43(49)44-30-26-38(32-50(44)55)42-20-12-14-36-13-6-7-17-41(36)42)35-23-27-39(28-24-35)56-51-21-10-8-18-45(51)47-34-54-48(33-52(47)56)46-19-9-11-22-53(46)58(54,57)40-15-4-3-5-16-40;1-51(2)45-29-35(33-13-5-3-6-14-33)23-27-39(45)40-28-24-36(30-46(40)51)34-21-25-37(26-22-34)52-47-19-11-9-17-41(47)43-32-50-44(31-48(43)52)42-18-10-12-20-49(42)54(50,53)38-15-7-4-8-16-38/h3-34H,1-2H3;3-32H,1-2H3. The van der Waals surface area contributed by atoms with Gasteiger partial charge in [-0.25, -0.2) is 0 Å². The zero-order valence-corrected chi connectivity index (χ0v) is 64.2. The van der Waals surface area contributed by atoms with E-state index in [0.717, 1.165) is 109 Å². The molecule has 2 aliphatic heterocycles. The molecule has 2 atom stereocenters. The van der Waals surface area contributed by atoms with Gasteiger partial charge in [0.1, 0.15) is 0 Å². The summed E-state index contributed by atoms with van der Waals surface area (Å²) in [6.07, 6.45) is 0. The number of benzene rings is 17. The van der Waals surface area contributed by atoms with Crippen LogP contribution in [0.1, 0.15) is 49.9 Å². The van der Waals surface area contributed by atoms with Gasteiger partial charge in [0.05, 0.1) is 22.1 Å². The first-order valence-corrected chi connectivity index (χ1v) is 42.2. The minimum absolute atomic E-state index is 0.113. The molecule has 4 aliphatic rings. The normalized spacial score (nSPS) is 16.1. The number of rotatable bonds is 8. The Morgan fingerprint density at radius 2 is 0.545 bits per heavy atom. The van der Waals surface area contributed by atoms with Crippen molar-refractivity contribution >= 4 is 100 Å². The second-order valence-corrected chi connectivity index (χ2v) is 37.1. The molecule has 2 aliphatic carbocycles. The maximum absolute atomic E-state index is 15.4. The van der Waals surface area contributed by atoms with Crippen LogP contribution in [0.4, 0.5) is 0 Å². The molecule has 17 aromatic carbocycles. The van der Waals surface area contributed by atoms with Gasteiger partial charge in [0.2, 0.25) is 0 Å². The van der Waals surface area contributed by atoms with Gasteiger partial charge in [0, 0.05) is 75.6 Å². The largest absolute Gasteiger partial charge is 0.309 e. The van der Waals surface area contributed by atoms with Gasteiger partial charge in [-0.05, 0) is 207 Å². The van der Waals surface area contributed by atoms with Crippen molar-refractivity contribution in [1.82, 2.24) is 9.13 Å². The van der Waals surface area contributed by atoms with Crippen LogP contribution in [0.2, 0.25) is 0 Å². The molecule has 0 radical (unpaired) electrons.